The highest BCUT2D eigenvalue weighted by Crippen LogP contribution is 2.14. The molecule has 5 nitrogen and oxygen atoms in total. The number of nitrogens with zero attached hydrogens (tertiary/aromatic N) is 2. The molecule has 2 rings (SSSR count). The molecular weight excluding hydrogens is 290 g/mol. The van der Waals surface area contributed by atoms with E-state index in [1.54, 1.807) is 11.8 Å². The molecule has 0 saturated heterocycles. The minimum atomic E-state index is 0.186. The van der Waals surface area contributed by atoms with Crippen LogP contribution in [0.4, 0.5) is 0 Å². The molecule has 0 spiro atoms. The van der Waals surface area contributed by atoms with E-state index in [2.05, 4.69) is 39.4 Å². The molecule has 0 amide bonds. The lowest BCUT2D eigenvalue weighted by molar-refractivity contribution is 0.970. The van der Waals surface area contributed by atoms with Gasteiger partial charge in [-0.3, -0.25) is 10.5 Å². The van der Waals surface area contributed by atoms with Gasteiger partial charge in [-0.1, -0.05) is 47.8 Å². The fraction of sp³-hybridized carbons (Fsp3) is 0.308. The Labute approximate surface area is 126 Å². The van der Waals surface area contributed by atoms with Crippen molar-refractivity contribution in [1.29, 1.82) is 5.41 Å². The number of benzene rings is 1. The number of amidine groups is 1. The Morgan fingerprint density at radius 3 is 2.35 bits per heavy atom. The maximum Gasteiger partial charge on any atom is 0.183 e. The van der Waals surface area contributed by atoms with Gasteiger partial charge in [0.05, 0.1) is 0 Å². The van der Waals surface area contributed by atoms with Gasteiger partial charge in [-0.05, 0) is 24.0 Å². The Hall–Kier alpha value is -1.47. The third-order valence-corrected chi connectivity index (χ3v) is 4.29. The van der Waals surface area contributed by atoms with Gasteiger partial charge < -0.3 is 5.73 Å². The average Bonchev–Trinajstić information content (AvgIpc) is 2.93. The molecule has 4 N–H and O–H groups in total. The maximum absolute atomic E-state index is 7.16. The second-order valence-corrected chi connectivity index (χ2v) is 6.39. The van der Waals surface area contributed by atoms with E-state index >= 15 is 0 Å². The molecule has 1 heterocycles. The number of rotatable bonds is 7. The lowest BCUT2D eigenvalue weighted by Crippen LogP contribution is -2.05. The average molecular weight is 307 g/mol. The molecule has 20 heavy (non-hydrogen) atoms. The standard InChI is InChI=1S/C13H17N5S2/c14-12(15)19-7-5-10-1-3-11(4-2-10)6-8-20-13-16-9-17-18-13/h1-4,9H,5-8H2,(H3,14,15)(H,16,17,18). The van der Waals surface area contributed by atoms with Gasteiger partial charge in [-0.2, -0.15) is 5.10 Å². The predicted octanol–water partition coefficient (Wildman–Crippen LogP) is 2.31. The number of nitrogens with two attached hydrogens (primary N) is 1. The highest BCUT2D eigenvalue weighted by atomic mass is 32.2. The topological polar surface area (TPSA) is 91.4 Å². The Morgan fingerprint density at radius 2 is 1.80 bits per heavy atom. The van der Waals surface area contributed by atoms with Crippen molar-refractivity contribution in [3.8, 4) is 0 Å². The molecule has 7 heteroatoms. The normalized spacial score (nSPS) is 10.6. The highest BCUT2D eigenvalue weighted by molar-refractivity contribution is 8.13. The zero-order valence-corrected chi connectivity index (χ0v) is 12.6. The lowest BCUT2D eigenvalue weighted by Gasteiger charge is -2.04. The van der Waals surface area contributed by atoms with Gasteiger partial charge in [0.15, 0.2) is 10.3 Å². The van der Waals surface area contributed by atoms with Gasteiger partial charge in [-0.25, -0.2) is 4.98 Å². The van der Waals surface area contributed by atoms with Gasteiger partial charge in [0.25, 0.3) is 0 Å². The Kier molecular flexibility index (Phi) is 5.94. The number of H-pyrrole nitrogens is 1. The van der Waals surface area contributed by atoms with E-state index in [4.69, 9.17) is 11.1 Å². The molecule has 0 aliphatic heterocycles. The fourth-order valence-corrected chi connectivity index (χ4v) is 3.01. The van der Waals surface area contributed by atoms with Crippen LogP contribution in [0.3, 0.4) is 0 Å². The van der Waals surface area contributed by atoms with Crippen molar-refractivity contribution in [2.24, 2.45) is 5.73 Å². The van der Waals surface area contributed by atoms with E-state index in [9.17, 15) is 0 Å². The fourth-order valence-electron chi connectivity index (χ4n) is 1.68. The summed E-state index contributed by atoms with van der Waals surface area (Å²) < 4.78 is 0. The highest BCUT2D eigenvalue weighted by Gasteiger charge is 1.99. The van der Waals surface area contributed by atoms with Crippen LogP contribution < -0.4 is 5.73 Å². The SMILES string of the molecule is N=C(N)SCCc1ccc(CCSc2ncn[nH]2)cc1. The van der Waals surface area contributed by atoms with Crippen LogP contribution in [0.1, 0.15) is 11.1 Å². The quantitative estimate of drug-likeness (QED) is 0.415. The Balaban J connectivity index is 1.72. The number of hydrogen-bond donors (Lipinski definition) is 3. The summed E-state index contributed by atoms with van der Waals surface area (Å²) in [6.07, 6.45) is 3.47. The maximum atomic E-state index is 7.16. The molecule has 0 aliphatic rings. The minimum Gasteiger partial charge on any atom is -0.379 e. The first-order chi connectivity index (χ1) is 9.74. The molecule has 1 aromatic carbocycles. The smallest absolute Gasteiger partial charge is 0.183 e. The minimum absolute atomic E-state index is 0.186. The van der Waals surface area contributed by atoms with Crippen molar-refractivity contribution < 1.29 is 0 Å². The van der Waals surface area contributed by atoms with Crippen molar-refractivity contribution in [3.05, 3.63) is 41.7 Å². The summed E-state index contributed by atoms with van der Waals surface area (Å²) in [6.45, 7) is 0. The number of aromatic nitrogens is 3. The van der Waals surface area contributed by atoms with Crippen LogP contribution in [0.15, 0.2) is 35.7 Å². The van der Waals surface area contributed by atoms with Crippen LogP contribution in [-0.2, 0) is 12.8 Å². The van der Waals surface area contributed by atoms with E-state index in [1.807, 2.05) is 0 Å². The van der Waals surface area contributed by atoms with E-state index in [1.165, 1.54) is 29.2 Å². The molecule has 0 atom stereocenters. The molecule has 2 aromatic rings. The predicted molar refractivity (Wildman–Crippen MR) is 85.3 cm³/mol. The van der Waals surface area contributed by atoms with E-state index in [0.29, 0.717) is 0 Å². The molecule has 0 bridgehead atoms. The molecule has 106 valence electrons. The zero-order valence-electron chi connectivity index (χ0n) is 11.0. The van der Waals surface area contributed by atoms with Gasteiger partial charge >= 0.3 is 0 Å². The molecule has 0 unspecified atom stereocenters. The number of nitrogens with one attached hydrogen (secondary N) is 2. The molecule has 1 aromatic heterocycles. The van der Waals surface area contributed by atoms with Crippen molar-refractivity contribution in [1.82, 2.24) is 15.2 Å². The first-order valence-electron chi connectivity index (χ1n) is 6.27. The largest absolute Gasteiger partial charge is 0.379 e. The van der Waals surface area contributed by atoms with Crippen LogP contribution in [-0.4, -0.2) is 31.9 Å². The van der Waals surface area contributed by atoms with E-state index in [0.717, 1.165) is 29.5 Å². The van der Waals surface area contributed by atoms with Crippen LogP contribution in [0, 0.1) is 5.41 Å². The third kappa shape index (κ3) is 5.26. The molecule has 0 aliphatic carbocycles. The summed E-state index contributed by atoms with van der Waals surface area (Å²) in [5, 5.41) is 14.9. The summed E-state index contributed by atoms with van der Waals surface area (Å²) >= 11 is 3.06. The first kappa shape index (κ1) is 14.9. The van der Waals surface area contributed by atoms with Crippen molar-refractivity contribution in [2.75, 3.05) is 11.5 Å². The zero-order chi connectivity index (χ0) is 14.2. The van der Waals surface area contributed by atoms with Crippen molar-refractivity contribution in [2.45, 2.75) is 18.0 Å². The number of aryl methyl sites for hydroxylation is 2. The third-order valence-electron chi connectivity index (χ3n) is 2.69. The summed E-state index contributed by atoms with van der Waals surface area (Å²) in [5.41, 5.74) is 7.91. The molecule has 0 radical (unpaired) electrons. The van der Waals surface area contributed by atoms with Crippen molar-refractivity contribution >= 4 is 28.7 Å². The van der Waals surface area contributed by atoms with E-state index in [-0.39, 0.29) is 5.17 Å². The van der Waals surface area contributed by atoms with Gasteiger partial charge in [-0.15, -0.1) is 0 Å². The lowest BCUT2D eigenvalue weighted by atomic mass is 10.1. The second-order valence-electron chi connectivity index (χ2n) is 4.17. The Morgan fingerprint density at radius 1 is 1.15 bits per heavy atom. The summed E-state index contributed by atoms with van der Waals surface area (Å²) in [7, 11) is 0. The van der Waals surface area contributed by atoms with Gasteiger partial charge in [0, 0.05) is 11.5 Å². The number of thioether (sulfide) groups is 2. The van der Waals surface area contributed by atoms with Crippen molar-refractivity contribution in [3.63, 3.8) is 0 Å². The first-order valence-corrected chi connectivity index (χ1v) is 8.24. The van der Waals surface area contributed by atoms with Crippen LogP contribution in [0.5, 0.6) is 0 Å². The number of hydrogen-bond acceptors (Lipinski definition) is 5. The van der Waals surface area contributed by atoms with Crippen LogP contribution in [0.2, 0.25) is 0 Å². The van der Waals surface area contributed by atoms with Gasteiger partial charge in [0.2, 0.25) is 0 Å². The summed E-state index contributed by atoms with van der Waals surface area (Å²) in [4.78, 5) is 4.08. The molecular formula is C13H17N5S2. The Bertz CT molecular complexity index is 524. The molecule has 0 fully saturated rings. The number of aromatic amines is 1. The monoisotopic (exact) mass is 307 g/mol. The summed E-state index contributed by atoms with van der Waals surface area (Å²) in [5.74, 6) is 1.84. The summed E-state index contributed by atoms with van der Waals surface area (Å²) in [6, 6.07) is 8.62. The van der Waals surface area contributed by atoms with E-state index < -0.39 is 0 Å². The van der Waals surface area contributed by atoms with Gasteiger partial charge in [0.1, 0.15) is 6.33 Å². The van der Waals surface area contributed by atoms with Crippen LogP contribution >= 0.6 is 23.5 Å². The molecule has 0 saturated carbocycles. The van der Waals surface area contributed by atoms with Crippen LogP contribution in [0.25, 0.3) is 0 Å². The second kappa shape index (κ2) is 7.96.